The van der Waals surface area contributed by atoms with Crippen molar-refractivity contribution >= 4 is 34.7 Å². The van der Waals surface area contributed by atoms with E-state index in [1.165, 1.54) is 25.3 Å². The van der Waals surface area contributed by atoms with Gasteiger partial charge in [-0.1, -0.05) is 0 Å². The van der Waals surface area contributed by atoms with Crippen molar-refractivity contribution in [3.8, 4) is 0 Å². The highest BCUT2D eigenvalue weighted by molar-refractivity contribution is 5.85. The summed E-state index contributed by atoms with van der Waals surface area (Å²) in [7, 11) is 0. The summed E-state index contributed by atoms with van der Waals surface area (Å²) in [5, 5.41) is 8.09. The van der Waals surface area contributed by atoms with Crippen LogP contribution >= 0.6 is 0 Å². The number of benzene rings is 1. The zero-order chi connectivity index (χ0) is 22.8. The summed E-state index contributed by atoms with van der Waals surface area (Å²) >= 11 is 0. The van der Waals surface area contributed by atoms with E-state index in [0.717, 1.165) is 17.3 Å². The Kier molecular flexibility index (Phi) is 5.81. The van der Waals surface area contributed by atoms with Gasteiger partial charge in [0.15, 0.2) is 5.65 Å². The quantitative estimate of drug-likeness (QED) is 0.301. The van der Waals surface area contributed by atoms with Gasteiger partial charge in [-0.15, -0.1) is 0 Å². The maximum atomic E-state index is 14.1. The van der Waals surface area contributed by atoms with Crippen molar-refractivity contribution in [3.63, 3.8) is 0 Å². The number of H-pyrrole nitrogens is 1. The summed E-state index contributed by atoms with van der Waals surface area (Å²) < 4.78 is 43.0. The first-order valence-corrected chi connectivity index (χ1v) is 9.92. The lowest BCUT2D eigenvalue weighted by Gasteiger charge is -2.11. The van der Waals surface area contributed by atoms with Crippen LogP contribution in [0.4, 0.5) is 19.0 Å². The van der Waals surface area contributed by atoms with Gasteiger partial charge in [0.05, 0.1) is 23.2 Å². The smallest absolute Gasteiger partial charge is 0.157 e. The Morgan fingerprint density at radius 3 is 2.88 bits per heavy atom. The van der Waals surface area contributed by atoms with Crippen molar-refractivity contribution in [2.75, 3.05) is 11.9 Å². The molecule has 0 amide bonds. The van der Waals surface area contributed by atoms with Crippen LogP contribution in [0.15, 0.2) is 53.6 Å². The molecule has 2 N–H and O–H groups in total. The van der Waals surface area contributed by atoms with Crippen LogP contribution in [0.1, 0.15) is 23.9 Å². The molecule has 4 aromatic rings. The number of aliphatic imine (C=N–C) groups is 1. The number of fused-ring (bicyclic) bond motifs is 2. The molecular weight excluding hydrogens is 417 g/mol. The highest BCUT2D eigenvalue weighted by atomic mass is 19.1. The fourth-order valence-corrected chi connectivity index (χ4v) is 3.72. The molecule has 32 heavy (non-hydrogen) atoms. The molecule has 0 saturated heterocycles. The number of aryl methyl sites for hydroxylation is 1. The molecule has 0 aliphatic rings. The van der Waals surface area contributed by atoms with Crippen molar-refractivity contribution < 1.29 is 13.2 Å². The van der Waals surface area contributed by atoms with Gasteiger partial charge in [-0.25, -0.2) is 18.2 Å². The van der Waals surface area contributed by atoms with Crippen LogP contribution < -0.4 is 5.32 Å². The van der Waals surface area contributed by atoms with E-state index in [1.54, 1.807) is 22.8 Å². The first kappa shape index (κ1) is 21.4. The van der Waals surface area contributed by atoms with Crippen molar-refractivity contribution in [2.24, 2.45) is 4.99 Å². The lowest BCUT2D eigenvalue weighted by molar-refractivity contribution is 0.591. The summed E-state index contributed by atoms with van der Waals surface area (Å²) in [4.78, 5) is 11.2. The van der Waals surface area contributed by atoms with E-state index >= 15 is 0 Å². The maximum Gasteiger partial charge on any atom is 0.157 e. The summed E-state index contributed by atoms with van der Waals surface area (Å²) in [5.74, 6) is -0.999. The number of nitrogens with zero attached hydrogens (tertiary/aromatic N) is 4. The fourth-order valence-electron chi connectivity index (χ4n) is 3.72. The van der Waals surface area contributed by atoms with Crippen molar-refractivity contribution in [1.29, 1.82) is 0 Å². The molecule has 6 nitrogen and oxygen atoms in total. The molecule has 0 aliphatic carbocycles. The minimum Gasteiger partial charge on any atom is -0.370 e. The van der Waals surface area contributed by atoms with Crippen LogP contribution in [-0.2, 0) is 6.42 Å². The highest BCUT2D eigenvalue weighted by Crippen LogP contribution is 2.26. The van der Waals surface area contributed by atoms with E-state index in [0.29, 0.717) is 46.6 Å². The lowest BCUT2D eigenvalue weighted by atomic mass is 10.1. The average Bonchev–Trinajstić information content (AvgIpc) is 3.32. The zero-order valence-electron chi connectivity index (χ0n) is 17.6. The molecule has 164 valence electrons. The minimum absolute atomic E-state index is 0.291. The average molecular weight is 438 g/mol. The van der Waals surface area contributed by atoms with Crippen LogP contribution in [-0.4, -0.2) is 32.8 Å². The monoisotopic (exact) mass is 438 g/mol. The van der Waals surface area contributed by atoms with Crippen molar-refractivity contribution in [1.82, 2.24) is 19.6 Å². The van der Waals surface area contributed by atoms with Gasteiger partial charge in [0, 0.05) is 47.6 Å². The molecule has 0 bridgehead atoms. The predicted octanol–water partition coefficient (Wildman–Crippen LogP) is 5.37. The second-order valence-corrected chi connectivity index (χ2v) is 7.34. The van der Waals surface area contributed by atoms with E-state index in [4.69, 9.17) is 0 Å². The second-order valence-electron chi connectivity index (χ2n) is 7.34. The van der Waals surface area contributed by atoms with Gasteiger partial charge in [0.2, 0.25) is 0 Å². The Morgan fingerprint density at radius 2 is 2.12 bits per heavy atom. The van der Waals surface area contributed by atoms with Gasteiger partial charge in [-0.3, -0.25) is 4.99 Å². The van der Waals surface area contributed by atoms with Gasteiger partial charge < -0.3 is 10.3 Å². The standard InChI is InChI=1S/C23H21F3N6/c1-13(24)8-15(12-27-3)20-11-22(32-21(31-20)5-7-29-32)28-6-4-17-14(2)30-23-18(17)9-16(25)10-19(23)26/h5,7-12,28,30H,3-4,6H2,1-2H3/b13-8+,15-12+. The van der Waals surface area contributed by atoms with Crippen LogP contribution in [0, 0.1) is 18.6 Å². The van der Waals surface area contributed by atoms with Gasteiger partial charge in [0.1, 0.15) is 17.5 Å². The predicted molar refractivity (Wildman–Crippen MR) is 121 cm³/mol. The number of halogens is 3. The molecule has 0 saturated carbocycles. The lowest BCUT2D eigenvalue weighted by Crippen LogP contribution is -2.11. The van der Waals surface area contributed by atoms with E-state index < -0.39 is 11.6 Å². The maximum absolute atomic E-state index is 14.1. The van der Waals surface area contributed by atoms with E-state index in [-0.39, 0.29) is 5.83 Å². The molecule has 0 fully saturated rings. The summed E-state index contributed by atoms with van der Waals surface area (Å²) in [5.41, 5.74) is 3.42. The van der Waals surface area contributed by atoms with Crippen LogP contribution in [0.25, 0.3) is 22.1 Å². The number of nitrogens with one attached hydrogen (secondary N) is 2. The number of hydrogen-bond acceptors (Lipinski definition) is 4. The second kappa shape index (κ2) is 8.70. The number of allylic oxidation sites excluding steroid dienone is 3. The molecule has 0 aliphatic heterocycles. The highest BCUT2D eigenvalue weighted by Gasteiger charge is 2.14. The third-order valence-corrected chi connectivity index (χ3v) is 5.07. The molecule has 0 spiro atoms. The van der Waals surface area contributed by atoms with Gasteiger partial charge in [0.25, 0.3) is 0 Å². The number of anilines is 1. The molecule has 0 radical (unpaired) electrons. The Morgan fingerprint density at radius 1 is 1.31 bits per heavy atom. The van der Waals surface area contributed by atoms with Crippen molar-refractivity contribution in [2.45, 2.75) is 20.3 Å². The van der Waals surface area contributed by atoms with Gasteiger partial charge in [-0.2, -0.15) is 9.61 Å². The number of aromatic amines is 1. The molecule has 3 aromatic heterocycles. The van der Waals surface area contributed by atoms with E-state index in [2.05, 4.69) is 32.1 Å². The third-order valence-electron chi connectivity index (χ3n) is 5.07. The molecule has 0 atom stereocenters. The minimum atomic E-state index is -0.620. The van der Waals surface area contributed by atoms with Crippen LogP contribution in [0.3, 0.4) is 0 Å². The number of hydrogen-bond donors (Lipinski definition) is 2. The molecule has 0 unspecified atom stereocenters. The van der Waals surface area contributed by atoms with E-state index in [9.17, 15) is 13.2 Å². The number of aromatic nitrogens is 4. The number of rotatable bonds is 7. The van der Waals surface area contributed by atoms with Gasteiger partial charge in [-0.05, 0) is 44.7 Å². The molecule has 1 aromatic carbocycles. The molecule has 3 heterocycles. The zero-order valence-corrected chi connectivity index (χ0v) is 17.6. The fraction of sp³-hybridized carbons (Fsp3) is 0.174. The Hall–Kier alpha value is -3.88. The van der Waals surface area contributed by atoms with E-state index in [1.807, 2.05) is 6.92 Å². The normalized spacial score (nSPS) is 12.7. The van der Waals surface area contributed by atoms with Crippen molar-refractivity contribution in [3.05, 3.63) is 77.2 Å². The molecule has 9 heteroatoms. The largest absolute Gasteiger partial charge is 0.370 e. The third kappa shape index (κ3) is 4.14. The van der Waals surface area contributed by atoms with Crippen LogP contribution in [0.5, 0.6) is 0 Å². The Labute approximate surface area is 182 Å². The topological polar surface area (TPSA) is 70.4 Å². The first-order chi connectivity index (χ1) is 15.4. The van der Waals surface area contributed by atoms with Gasteiger partial charge >= 0.3 is 0 Å². The Bertz CT molecular complexity index is 1380. The summed E-state index contributed by atoms with van der Waals surface area (Å²) in [6.45, 7) is 7.06. The molecular formula is C23H21F3N6. The SMILES string of the molecule is C=N/C=C(\C=C(/C)F)c1cc(NCCc2c(C)[nH]c3c(F)cc(F)cc23)n2nccc2n1. The first-order valence-electron chi connectivity index (χ1n) is 9.92. The summed E-state index contributed by atoms with van der Waals surface area (Å²) in [6.07, 6.45) is 4.88. The van der Waals surface area contributed by atoms with Crippen LogP contribution in [0.2, 0.25) is 0 Å². The molecule has 4 rings (SSSR count). The summed E-state index contributed by atoms with van der Waals surface area (Å²) in [6, 6.07) is 5.66. The Balaban J connectivity index is 1.64.